The standard InChI is InChI=1S/C29H37NO5/c1-2-18(14-19-8-11-22(32)12-9-19)10-13-25-26-20(16-31)15-23-27(24(26)17-35-25)29(34)30(28(23)33)21-6-4-3-5-7-21/h8-9,11-12,14,21,23-25,27,31-32H,2-7,10,13,15-17H2,1H3/b18-14+/t23-,24+,25-,27-/m1/s1. The zero-order valence-electron chi connectivity index (χ0n) is 20.6. The quantitative estimate of drug-likeness (QED) is 0.441. The predicted octanol–water partition coefficient (Wildman–Crippen LogP) is 4.61. The fraction of sp³-hybridized carbons (Fsp3) is 0.586. The number of phenolic OH excluding ortho intramolecular Hbond substituents is 1. The number of carbonyl (C=O) groups excluding carboxylic acids is 2. The molecule has 1 aromatic rings. The number of likely N-dealkylation sites (tertiary alicyclic amines) is 1. The van der Waals surface area contributed by atoms with Crippen LogP contribution in [-0.2, 0) is 14.3 Å². The first-order valence-corrected chi connectivity index (χ1v) is 13.3. The first-order chi connectivity index (χ1) is 17.0. The van der Waals surface area contributed by atoms with Crippen molar-refractivity contribution >= 4 is 17.9 Å². The Bertz CT molecular complexity index is 1020. The van der Waals surface area contributed by atoms with E-state index in [-0.39, 0.29) is 54.1 Å². The number of rotatable bonds is 7. The van der Waals surface area contributed by atoms with Crippen LogP contribution < -0.4 is 0 Å². The van der Waals surface area contributed by atoms with Gasteiger partial charge in [-0.25, -0.2) is 0 Å². The number of benzene rings is 1. The molecule has 4 aliphatic rings. The molecule has 2 N–H and O–H groups in total. The summed E-state index contributed by atoms with van der Waals surface area (Å²) in [6, 6.07) is 7.24. The minimum Gasteiger partial charge on any atom is -0.508 e. The van der Waals surface area contributed by atoms with E-state index in [1.54, 1.807) is 17.0 Å². The number of aromatic hydroxyl groups is 1. The van der Waals surface area contributed by atoms with Crippen molar-refractivity contribution in [3.63, 3.8) is 0 Å². The molecule has 5 rings (SSSR count). The largest absolute Gasteiger partial charge is 0.508 e. The Labute approximate surface area is 207 Å². The van der Waals surface area contributed by atoms with Crippen LogP contribution in [0.5, 0.6) is 5.75 Å². The Morgan fingerprint density at radius 3 is 2.51 bits per heavy atom. The number of amides is 2. The van der Waals surface area contributed by atoms with E-state index in [2.05, 4.69) is 13.0 Å². The summed E-state index contributed by atoms with van der Waals surface area (Å²) in [6.07, 6.45) is 10.2. The third kappa shape index (κ3) is 4.58. The number of allylic oxidation sites excluding steroid dienone is 1. The summed E-state index contributed by atoms with van der Waals surface area (Å²) in [5, 5.41) is 19.8. The number of imide groups is 1. The highest BCUT2D eigenvalue weighted by Gasteiger charge is 2.58. The van der Waals surface area contributed by atoms with Crippen molar-refractivity contribution in [1.82, 2.24) is 4.90 Å². The van der Waals surface area contributed by atoms with Crippen LogP contribution >= 0.6 is 0 Å². The van der Waals surface area contributed by atoms with Gasteiger partial charge in [-0.1, -0.05) is 50.0 Å². The fourth-order valence-electron chi connectivity index (χ4n) is 6.82. The van der Waals surface area contributed by atoms with Gasteiger partial charge in [0.05, 0.1) is 31.2 Å². The van der Waals surface area contributed by atoms with Gasteiger partial charge < -0.3 is 14.9 Å². The van der Waals surface area contributed by atoms with Crippen LogP contribution in [0.1, 0.15) is 70.3 Å². The summed E-state index contributed by atoms with van der Waals surface area (Å²) in [5.74, 6) is -0.549. The number of hydrogen-bond donors (Lipinski definition) is 2. The minimum absolute atomic E-state index is 0.00267. The van der Waals surface area contributed by atoms with Crippen molar-refractivity contribution in [1.29, 1.82) is 0 Å². The van der Waals surface area contributed by atoms with Gasteiger partial charge in [-0.3, -0.25) is 14.5 Å². The monoisotopic (exact) mass is 479 g/mol. The molecular weight excluding hydrogens is 442 g/mol. The summed E-state index contributed by atoms with van der Waals surface area (Å²) in [6.45, 7) is 2.51. The number of nitrogens with zero attached hydrogens (tertiary/aromatic N) is 1. The van der Waals surface area contributed by atoms with E-state index in [0.29, 0.717) is 13.0 Å². The van der Waals surface area contributed by atoms with Crippen LogP contribution in [0.4, 0.5) is 0 Å². The van der Waals surface area contributed by atoms with Gasteiger partial charge in [-0.2, -0.15) is 0 Å². The zero-order valence-corrected chi connectivity index (χ0v) is 20.6. The van der Waals surface area contributed by atoms with Gasteiger partial charge in [0.2, 0.25) is 11.8 Å². The van der Waals surface area contributed by atoms with Gasteiger partial charge in [0, 0.05) is 12.0 Å². The molecule has 0 unspecified atom stereocenters. The summed E-state index contributed by atoms with van der Waals surface area (Å²) in [7, 11) is 0. The number of aliphatic hydroxyl groups excluding tert-OH is 1. The van der Waals surface area contributed by atoms with Gasteiger partial charge >= 0.3 is 0 Å². The van der Waals surface area contributed by atoms with E-state index < -0.39 is 0 Å². The molecule has 0 bridgehead atoms. The lowest BCUT2D eigenvalue weighted by molar-refractivity contribution is -0.143. The van der Waals surface area contributed by atoms with Crippen molar-refractivity contribution in [2.24, 2.45) is 17.8 Å². The Morgan fingerprint density at radius 2 is 1.83 bits per heavy atom. The van der Waals surface area contributed by atoms with Crippen LogP contribution in [0.25, 0.3) is 6.08 Å². The molecule has 1 aromatic carbocycles. The van der Waals surface area contributed by atoms with Crippen LogP contribution in [0.15, 0.2) is 41.0 Å². The predicted molar refractivity (Wildman–Crippen MR) is 133 cm³/mol. The molecule has 2 aliphatic carbocycles. The molecule has 1 saturated carbocycles. The van der Waals surface area contributed by atoms with Gasteiger partial charge in [0.15, 0.2) is 0 Å². The lowest BCUT2D eigenvalue weighted by Crippen LogP contribution is -2.42. The number of aliphatic hydroxyl groups is 1. The van der Waals surface area contributed by atoms with E-state index >= 15 is 0 Å². The third-order valence-corrected chi connectivity index (χ3v) is 8.62. The highest BCUT2D eigenvalue weighted by molar-refractivity contribution is 6.06. The zero-order chi connectivity index (χ0) is 24.5. The van der Waals surface area contributed by atoms with Gasteiger partial charge in [0.25, 0.3) is 0 Å². The number of hydrogen-bond acceptors (Lipinski definition) is 5. The molecule has 0 radical (unpaired) electrons. The molecule has 2 saturated heterocycles. The first kappa shape index (κ1) is 24.3. The fourth-order valence-corrected chi connectivity index (χ4v) is 6.82. The average molecular weight is 480 g/mol. The maximum atomic E-state index is 13.6. The molecule has 2 heterocycles. The topological polar surface area (TPSA) is 87.1 Å². The molecule has 2 amide bonds. The van der Waals surface area contributed by atoms with Gasteiger partial charge in [0.1, 0.15) is 5.75 Å². The van der Waals surface area contributed by atoms with Crippen LogP contribution in [-0.4, -0.2) is 52.3 Å². The molecule has 6 heteroatoms. The van der Waals surface area contributed by atoms with Crippen molar-refractivity contribution in [2.75, 3.05) is 13.2 Å². The molecule has 3 fully saturated rings. The van der Waals surface area contributed by atoms with E-state index in [0.717, 1.165) is 61.7 Å². The van der Waals surface area contributed by atoms with E-state index in [1.165, 1.54) is 12.0 Å². The molecule has 4 atom stereocenters. The lowest BCUT2D eigenvalue weighted by atomic mass is 9.69. The molecule has 0 spiro atoms. The summed E-state index contributed by atoms with van der Waals surface area (Å²) in [5.41, 5.74) is 4.34. The molecule has 0 aromatic heterocycles. The van der Waals surface area contributed by atoms with Crippen LogP contribution in [0.3, 0.4) is 0 Å². The molecule has 2 aliphatic heterocycles. The Kier molecular flexibility index (Phi) is 7.12. The molecular formula is C29H37NO5. The maximum Gasteiger partial charge on any atom is 0.234 e. The Morgan fingerprint density at radius 1 is 1.09 bits per heavy atom. The second-order valence-corrected chi connectivity index (χ2v) is 10.6. The van der Waals surface area contributed by atoms with Crippen molar-refractivity contribution in [2.45, 2.75) is 76.9 Å². The van der Waals surface area contributed by atoms with Gasteiger partial charge in [-0.15, -0.1) is 0 Å². The number of phenols is 1. The average Bonchev–Trinajstić information content (AvgIpc) is 3.41. The minimum atomic E-state index is -0.344. The van der Waals surface area contributed by atoms with Gasteiger partial charge in [-0.05, 0) is 67.4 Å². The van der Waals surface area contributed by atoms with E-state index in [9.17, 15) is 19.8 Å². The Hall–Kier alpha value is -2.44. The van der Waals surface area contributed by atoms with E-state index in [1.807, 2.05) is 12.1 Å². The summed E-state index contributed by atoms with van der Waals surface area (Å²) in [4.78, 5) is 28.5. The highest BCUT2D eigenvalue weighted by Crippen LogP contribution is 2.50. The van der Waals surface area contributed by atoms with Crippen LogP contribution in [0.2, 0.25) is 0 Å². The smallest absolute Gasteiger partial charge is 0.234 e. The normalized spacial score (nSPS) is 29.7. The lowest BCUT2D eigenvalue weighted by Gasteiger charge is -2.31. The highest BCUT2D eigenvalue weighted by atomic mass is 16.5. The SMILES string of the molecule is CC/C(=C\c1ccc(O)cc1)CC[C@H]1OC[C@H]2C1=C(CO)C[C@H]1C(=O)N(C3CCCCC3)C(=O)[C@H]12. The number of fused-ring (bicyclic) bond motifs is 3. The van der Waals surface area contributed by atoms with E-state index in [4.69, 9.17) is 4.74 Å². The number of ether oxygens (including phenoxy) is 1. The second kappa shape index (κ2) is 10.3. The first-order valence-electron chi connectivity index (χ1n) is 13.3. The number of carbonyl (C=O) groups is 2. The van der Waals surface area contributed by atoms with Crippen molar-refractivity contribution < 1.29 is 24.5 Å². The summed E-state index contributed by atoms with van der Waals surface area (Å²) >= 11 is 0. The van der Waals surface area contributed by atoms with Crippen LogP contribution in [0, 0.1) is 17.8 Å². The van der Waals surface area contributed by atoms with Crippen molar-refractivity contribution in [3.05, 3.63) is 46.5 Å². The molecule has 6 nitrogen and oxygen atoms in total. The third-order valence-electron chi connectivity index (χ3n) is 8.62. The maximum absolute atomic E-state index is 13.6. The summed E-state index contributed by atoms with van der Waals surface area (Å²) < 4.78 is 6.25. The molecule has 35 heavy (non-hydrogen) atoms. The Balaban J connectivity index is 1.33. The molecule has 188 valence electrons. The second-order valence-electron chi connectivity index (χ2n) is 10.6. The van der Waals surface area contributed by atoms with Crippen molar-refractivity contribution in [3.8, 4) is 5.75 Å².